The maximum absolute atomic E-state index is 13.2. The fourth-order valence-corrected chi connectivity index (χ4v) is 23.0. The first kappa shape index (κ1) is 99.4. The zero-order valence-electron chi connectivity index (χ0n) is 87.4. The maximum atomic E-state index is 13.2. The van der Waals surface area contributed by atoms with Crippen LogP contribution in [0.25, 0.3) is 163 Å². The molecule has 0 saturated carbocycles. The number of anilines is 3. The van der Waals surface area contributed by atoms with E-state index in [1.807, 2.05) is 195 Å². The largest absolute Gasteiger partial charge is 0.462 e. The Balaban J connectivity index is 0.000000114. The molecular weight excluding hydrogens is 1850 g/mol. The molecule has 17 heteroatoms. The van der Waals surface area contributed by atoms with Crippen LogP contribution >= 0.6 is 11.3 Å². The molecule has 6 aliphatic heterocycles. The summed E-state index contributed by atoms with van der Waals surface area (Å²) in [5.41, 5.74) is 24.9. The fourth-order valence-electron chi connectivity index (χ4n) is 22.1. The number of para-hydroxylation sites is 3. The highest BCUT2D eigenvalue weighted by molar-refractivity contribution is 7.21. The molecule has 0 fully saturated rings. The summed E-state index contributed by atoms with van der Waals surface area (Å²) >= 11 is 1.54. The molecular formula is C132H118N10O6S. The highest BCUT2D eigenvalue weighted by Gasteiger charge is 2.44. The average Bonchev–Trinajstić information content (AvgIpc) is 1.14. The second kappa shape index (κ2) is 39.4. The molecule has 16 nitrogen and oxygen atoms in total. The second-order valence-electron chi connectivity index (χ2n) is 43.6. The molecule has 0 aliphatic carbocycles. The highest BCUT2D eigenvalue weighted by atomic mass is 32.1. The van der Waals surface area contributed by atoms with Gasteiger partial charge in [-0.25, -0.2) is 30.0 Å². The molecule has 0 bridgehead atoms. The minimum absolute atomic E-state index is 0.00351. The predicted molar refractivity (Wildman–Crippen MR) is 619 cm³/mol. The van der Waals surface area contributed by atoms with Crippen molar-refractivity contribution in [3.05, 3.63) is 436 Å². The third-order valence-electron chi connectivity index (χ3n) is 30.6. The number of hydrogen-bond donors (Lipinski definition) is 0. The molecule has 738 valence electrons. The van der Waals surface area contributed by atoms with Crippen molar-refractivity contribution in [2.75, 3.05) is 55.0 Å². The van der Waals surface area contributed by atoms with Gasteiger partial charge in [0, 0.05) is 104 Å². The number of allylic oxidation sites excluding steroid dienone is 12. The number of thiazole rings is 1. The monoisotopic (exact) mass is 1970 g/mol. The Kier molecular flexibility index (Phi) is 26.3. The van der Waals surface area contributed by atoms with E-state index in [-0.39, 0.29) is 55.0 Å². The highest BCUT2D eigenvalue weighted by Crippen LogP contribution is 2.55. The molecule has 0 saturated heterocycles. The summed E-state index contributed by atoms with van der Waals surface area (Å²) in [6, 6.07) is 94.9. The van der Waals surface area contributed by atoms with Gasteiger partial charge in [-0.05, 0) is 316 Å². The molecule has 149 heavy (non-hydrogen) atoms. The van der Waals surface area contributed by atoms with Crippen molar-refractivity contribution in [3.8, 4) is 45.0 Å². The fraction of sp³-hybridized carbons (Fsp3) is 0.227. The number of aryl methyl sites for hydroxylation is 2. The molecule has 0 radical (unpaired) electrons. The Morgan fingerprint density at radius 3 is 1.38 bits per heavy atom. The van der Waals surface area contributed by atoms with Crippen molar-refractivity contribution in [3.63, 3.8) is 0 Å². The molecule has 0 spiro atoms. The molecule has 0 N–H and O–H groups in total. The number of nitriles is 2. The summed E-state index contributed by atoms with van der Waals surface area (Å²) in [4.78, 5) is 57.6. The minimum Gasteiger partial charge on any atom is -0.462 e. The van der Waals surface area contributed by atoms with E-state index in [1.54, 1.807) is 42.6 Å². The average molecular weight is 1970 g/mol. The third-order valence-corrected chi connectivity index (χ3v) is 31.7. The molecule has 10 heterocycles. The predicted octanol–water partition coefficient (Wildman–Crippen LogP) is 31.5. The SMILES string of the molecule is CC(C)(C)c1ccc2c(-c3ccc4ccccc4c3)c3ccccc3c(-c3ccc4ccccc4c3)c2c1.CC1(C)CCN2CCC(C)(C)c3c2c1cc1cc(-c2nc4ccccc4s2)c(=O)oc31.Cn1c2ccccc2c(=O)c2cc3c(cc21)c(=O)c1ccccc1n3C.[C-]#[N+]/C(C#N)=C1/C=C(C)OC(/C=C/c2cc3c4c(c2)C(C)(C)CCN4CCC3(C)C)=C1.[C-]#[N+]/C(C#N)=C1/C=C(C)OC(/C=C/c2ccc(N(C)C)cc2)=C1. The lowest BCUT2D eigenvalue weighted by Crippen LogP contribution is -2.44. The number of ether oxygens (including phenoxy) is 2. The van der Waals surface area contributed by atoms with Crippen LogP contribution < -0.4 is 31.2 Å². The van der Waals surface area contributed by atoms with Crippen LogP contribution in [-0.4, -0.2) is 54.4 Å². The van der Waals surface area contributed by atoms with E-state index >= 15 is 0 Å². The maximum Gasteiger partial charge on any atom is 0.346 e. The molecule has 14 aromatic carbocycles. The van der Waals surface area contributed by atoms with E-state index < -0.39 is 0 Å². The van der Waals surface area contributed by atoms with Gasteiger partial charge in [0.1, 0.15) is 33.6 Å². The Hall–Kier alpha value is -17.0. The standard InChI is InChI=1S/C38H30.C27H29N3O.C26H26N2O2S.C22H16N2O2.C19H17N3O/c1-38(2,3)31-20-21-34-35(24-31)37(30-19-17-26-11-5-7-13-28(26)23-30)33-15-9-8-14-32(33)36(34)29-18-16-25-10-4-6-12-27(25)22-29;1-18-13-20(24(17-28)29-6)16-21(31-18)8-7-19-14-22-25-23(15-19)27(4,5)10-12-30(25)11-9-26(22,2)3;1-25(2)9-11-28-12-10-26(3,4)20-21(28)17(25)14-15-13-16(24(29)30-22(15)20)23-27-18-7-5-6-8-19(18)31-23;1-23-17-9-5-3-7-13(17)21(25)15-12-20-16(11-19(15)23)22(26)14-8-4-6-10-18(14)24(20)2;1-14-11-16(19(13-20)21-2)12-18(23-14)10-7-15-5-8-17(9-6-15)22(3)4/h4-24H,1-3H3;7-8,13-16H,9-12H2,1-5H3;5-8,13-14H,9-12H2,1-4H3;3-12H,1-2H3;5-12H,1,3-4H3/b;8-7+,24-20-;;;10-7+,19-16-. The number of benzene rings is 14. The van der Waals surface area contributed by atoms with Crippen LogP contribution in [0.4, 0.5) is 17.1 Å². The van der Waals surface area contributed by atoms with Crippen molar-refractivity contribution < 1.29 is 13.9 Å². The van der Waals surface area contributed by atoms with Gasteiger partial charge in [-0.1, -0.05) is 246 Å². The smallest absolute Gasteiger partial charge is 0.346 e. The normalized spacial score (nSPS) is 16.2. The number of aromatic nitrogens is 3. The summed E-state index contributed by atoms with van der Waals surface area (Å²) in [6.07, 6.45) is 19.2. The zero-order chi connectivity index (χ0) is 105. The van der Waals surface area contributed by atoms with Gasteiger partial charge in [-0.15, -0.1) is 11.3 Å². The first-order valence-electron chi connectivity index (χ1n) is 50.9. The first-order valence-corrected chi connectivity index (χ1v) is 51.7. The zero-order valence-corrected chi connectivity index (χ0v) is 88.2. The van der Waals surface area contributed by atoms with Gasteiger partial charge in [-0.3, -0.25) is 9.59 Å². The van der Waals surface area contributed by atoms with Crippen molar-refractivity contribution in [1.29, 1.82) is 10.5 Å². The van der Waals surface area contributed by atoms with E-state index in [2.05, 4.69) is 247 Å². The summed E-state index contributed by atoms with van der Waals surface area (Å²) in [7, 11) is 7.86. The van der Waals surface area contributed by atoms with Crippen molar-refractivity contribution in [1.82, 2.24) is 14.1 Å². The van der Waals surface area contributed by atoms with Crippen LogP contribution in [0.15, 0.2) is 362 Å². The molecule has 0 amide bonds. The van der Waals surface area contributed by atoms with E-state index in [4.69, 9.17) is 37.3 Å². The lowest BCUT2D eigenvalue weighted by Gasteiger charge is -2.48. The third kappa shape index (κ3) is 19.1. The van der Waals surface area contributed by atoms with Gasteiger partial charge in [0.15, 0.2) is 10.9 Å². The van der Waals surface area contributed by atoms with Crippen LogP contribution in [0.2, 0.25) is 0 Å². The van der Waals surface area contributed by atoms with Gasteiger partial charge < -0.3 is 37.7 Å². The summed E-state index contributed by atoms with van der Waals surface area (Å²) in [5.74, 6) is 2.57. The first-order chi connectivity index (χ1) is 71.5. The van der Waals surface area contributed by atoms with Crippen molar-refractivity contribution in [2.45, 2.75) is 143 Å². The van der Waals surface area contributed by atoms with Crippen LogP contribution in [0.5, 0.6) is 0 Å². The number of nitrogens with zero attached hydrogens (tertiary/aromatic N) is 10. The number of pyridine rings is 2. The molecule has 6 aliphatic rings. The topological polar surface area (TPSA) is 172 Å². The lowest BCUT2D eigenvalue weighted by molar-refractivity contribution is 0.318. The lowest BCUT2D eigenvalue weighted by atomic mass is 9.69. The molecule has 0 unspecified atom stereocenters. The summed E-state index contributed by atoms with van der Waals surface area (Å²) < 4.78 is 22.6. The van der Waals surface area contributed by atoms with Crippen LogP contribution in [0, 0.1) is 35.8 Å². The van der Waals surface area contributed by atoms with Gasteiger partial charge in [-0.2, -0.15) is 0 Å². The van der Waals surface area contributed by atoms with Crippen LogP contribution in [0.3, 0.4) is 0 Å². The van der Waals surface area contributed by atoms with E-state index in [0.29, 0.717) is 61.3 Å². The number of hydrogen-bond acceptors (Lipinski definition) is 13. The van der Waals surface area contributed by atoms with E-state index in [1.165, 1.54) is 105 Å². The Labute approximate surface area is 873 Å². The molecule has 0 atom stereocenters. The van der Waals surface area contributed by atoms with E-state index in [0.717, 1.165) is 117 Å². The van der Waals surface area contributed by atoms with Crippen molar-refractivity contribution in [2.24, 2.45) is 14.1 Å². The van der Waals surface area contributed by atoms with Crippen LogP contribution in [0.1, 0.15) is 155 Å². The van der Waals surface area contributed by atoms with Gasteiger partial charge in [0.2, 0.25) is 0 Å². The minimum atomic E-state index is -0.300. The quantitative estimate of drug-likeness (QED) is 0.0611. The summed E-state index contributed by atoms with van der Waals surface area (Å²) in [5, 5.41) is 32.9. The summed E-state index contributed by atoms with van der Waals surface area (Å²) in [6.45, 7) is 47.8. The van der Waals surface area contributed by atoms with E-state index in [9.17, 15) is 19.6 Å². The molecule has 18 aromatic rings. The Morgan fingerprint density at radius 2 is 0.886 bits per heavy atom. The number of rotatable bonds is 8. The van der Waals surface area contributed by atoms with Crippen LogP contribution in [-0.2, 0) is 50.6 Å². The van der Waals surface area contributed by atoms with Crippen molar-refractivity contribution >= 4 is 148 Å². The second-order valence-corrected chi connectivity index (χ2v) is 44.6. The van der Waals surface area contributed by atoms with Gasteiger partial charge in [0.25, 0.3) is 11.4 Å². The van der Waals surface area contributed by atoms with Gasteiger partial charge in [0.05, 0.1) is 63.1 Å². The molecule has 24 rings (SSSR count). The Morgan fingerprint density at radius 1 is 0.443 bits per heavy atom. The van der Waals surface area contributed by atoms with Gasteiger partial charge >= 0.3 is 5.63 Å². The Bertz CT molecular complexity index is 9080. The molecule has 4 aromatic heterocycles. The number of fused-ring (bicyclic) bond motifs is 11.